The third-order valence-corrected chi connectivity index (χ3v) is 2.82. The molecular weight excluding hydrogens is 344 g/mol. The van der Waals surface area contributed by atoms with Crippen LogP contribution in [-0.2, 0) is 11.3 Å². The monoisotopic (exact) mass is 351 g/mol. The predicted molar refractivity (Wildman–Crippen MR) is 59.2 cm³/mol. The first-order valence-electron chi connectivity index (χ1n) is 4.80. The van der Waals surface area contributed by atoms with Gasteiger partial charge in [0.05, 0.1) is 6.61 Å². The van der Waals surface area contributed by atoms with E-state index in [0.717, 1.165) is 0 Å². The van der Waals surface area contributed by atoms with Crippen LogP contribution in [0.15, 0.2) is 22.7 Å². The molecule has 1 aromatic carbocycles. The second kappa shape index (κ2) is 5.58. The third-order valence-electron chi connectivity index (χ3n) is 2.08. The van der Waals surface area contributed by atoms with Gasteiger partial charge in [-0.15, -0.1) is 0 Å². The molecule has 0 aliphatic heterocycles. The molecule has 0 aliphatic carbocycles. The van der Waals surface area contributed by atoms with Gasteiger partial charge >= 0.3 is 12.4 Å². The van der Waals surface area contributed by atoms with Gasteiger partial charge < -0.3 is 10.5 Å². The normalized spacial score (nSPS) is 13.1. The summed E-state index contributed by atoms with van der Waals surface area (Å²) in [6.45, 7) is -0.843. The molecule has 0 fully saturated rings. The lowest BCUT2D eigenvalue weighted by Gasteiger charge is -2.23. The molecule has 108 valence electrons. The van der Waals surface area contributed by atoms with Crippen molar-refractivity contribution >= 4 is 21.6 Å². The van der Waals surface area contributed by atoms with Gasteiger partial charge in [-0.2, -0.15) is 26.3 Å². The van der Waals surface area contributed by atoms with Crippen LogP contribution >= 0.6 is 15.9 Å². The zero-order chi connectivity index (χ0) is 14.8. The van der Waals surface area contributed by atoms with Crippen LogP contribution < -0.4 is 5.73 Å². The highest BCUT2D eigenvalue weighted by Crippen LogP contribution is 2.36. The van der Waals surface area contributed by atoms with Crippen LogP contribution in [0.2, 0.25) is 0 Å². The fraction of sp³-hybridized carbons (Fsp3) is 0.400. The van der Waals surface area contributed by atoms with Gasteiger partial charge in [0.2, 0.25) is 6.10 Å². The maximum absolute atomic E-state index is 12.2. The highest BCUT2D eigenvalue weighted by molar-refractivity contribution is 9.10. The van der Waals surface area contributed by atoms with Crippen molar-refractivity contribution in [1.82, 2.24) is 0 Å². The first kappa shape index (κ1) is 16.1. The van der Waals surface area contributed by atoms with Crippen molar-refractivity contribution in [2.24, 2.45) is 0 Å². The second-order valence-corrected chi connectivity index (χ2v) is 4.48. The minimum Gasteiger partial charge on any atom is -0.399 e. The number of anilines is 1. The maximum atomic E-state index is 12.2. The molecule has 2 N–H and O–H groups in total. The van der Waals surface area contributed by atoms with Gasteiger partial charge in [-0.25, -0.2) is 0 Å². The molecule has 0 aliphatic rings. The van der Waals surface area contributed by atoms with E-state index >= 15 is 0 Å². The van der Waals surface area contributed by atoms with Crippen LogP contribution in [0.1, 0.15) is 5.56 Å². The topological polar surface area (TPSA) is 35.2 Å². The molecule has 0 radical (unpaired) electrons. The van der Waals surface area contributed by atoms with E-state index in [1.165, 1.54) is 18.2 Å². The van der Waals surface area contributed by atoms with E-state index in [-0.39, 0.29) is 10.0 Å². The molecular formula is C10H8BrF6NO. The average Bonchev–Trinajstić information content (AvgIpc) is 2.17. The number of nitrogens with two attached hydrogens (primary N) is 1. The molecule has 1 rings (SSSR count). The lowest BCUT2D eigenvalue weighted by atomic mass is 10.2. The molecule has 0 heterocycles. The maximum Gasteiger partial charge on any atom is 0.423 e. The zero-order valence-electron chi connectivity index (χ0n) is 9.15. The Morgan fingerprint density at radius 2 is 1.63 bits per heavy atom. The van der Waals surface area contributed by atoms with Crippen molar-refractivity contribution in [3.8, 4) is 0 Å². The van der Waals surface area contributed by atoms with E-state index < -0.39 is 25.1 Å². The molecule has 19 heavy (non-hydrogen) atoms. The summed E-state index contributed by atoms with van der Waals surface area (Å²) in [4.78, 5) is 0. The Bertz CT molecular complexity index is 431. The van der Waals surface area contributed by atoms with Gasteiger partial charge in [0.25, 0.3) is 0 Å². The van der Waals surface area contributed by atoms with E-state index in [1.807, 2.05) is 0 Å². The summed E-state index contributed by atoms with van der Waals surface area (Å²) in [5.74, 6) is 0. The molecule has 0 saturated carbocycles. The highest BCUT2D eigenvalue weighted by Gasteiger charge is 2.57. The molecule has 0 unspecified atom stereocenters. The number of alkyl halides is 6. The zero-order valence-corrected chi connectivity index (χ0v) is 10.7. The van der Waals surface area contributed by atoms with Crippen molar-refractivity contribution in [3.05, 3.63) is 28.2 Å². The van der Waals surface area contributed by atoms with Gasteiger partial charge in [0, 0.05) is 10.2 Å². The Balaban J connectivity index is 2.83. The van der Waals surface area contributed by atoms with Crippen LogP contribution in [0.4, 0.5) is 32.0 Å². The fourth-order valence-corrected chi connectivity index (χ4v) is 1.74. The summed E-state index contributed by atoms with van der Waals surface area (Å²) in [6.07, 6.45) is -14.8. The number of rotatable bonds is 3. The quantitative estimate of drug-likeness (QED) is 0.658. The van der Waals surface area contributed by atoms with Crippen LogP contribution in [0.3, 0.4) is 0 Å². The minimum absolute atomic E-state index is 0.132. The van der Waals surface area contributed by atoms with Crippen molar-refractivity contribution in [1.29, 1.82) is 0 Å². The van der Waals surface area contributed by atoms with Crippen LogP contribution in [0.25, 0.3) is 0 Å². The second-order valence-electron chi connectivity index (χ2n) is 3.63. The molecule has 0 aromatic heterocycles. The molecule has 1 aromatic rings. The Hall–Kier alpha value is -0.960. The molecule has 0 bridgehead atoms. The number of hydrogen-bond acceptors (Lipinski definition) is 2. The van der Waals surface area contributed by atoms with Gasteiger partial charge in [0.1, 0.15) is 0 Å². The number of hydrogen-bond donors (Lipinski definition) is 1. The van der Waals surface area contributed by atoms with Gasteiger partial charge in [0.15, 0.2) is 0 Å². The molecule has 0 spiro atoms. The lowest BCUT2D eigenvalue weighted by Crippen LogP contribution is -2.44. The van der Waals surface area contributed by atoms with E-state index in [9.17, 15) is 26.3 Å². The van der Waals surface area contributed by atoms with Crippen molar-refractivity contribution in [2.45, 2.75) is 25.1 Å². The van der Waals surface area contributed by atoms with Gasteiger partial charge in [-0.1, -0.05) is 22.0 Å². The Morgan fingerprint density at radius 3 is 2.05 bits per heavy atom. The van der Waals surface area contributed by atoms with Gasteiger partial charge in [-0.05, 0) is 17.7 Å². The van der Waals surface area contributed by atoms with Gasteiger partial charge in [-0.3, -0.25) is 0 Å². The SMILES string of the molecule is Nc1ccc(COC(C(F)(F)F)C(F)(F)F)c(Br)c1. The number of halogens is 7. The van der Waals surface area contributed by atoms with E-state index in [0.29, 0.717) is 5.69 Å². The molecule has 9 heteroatoms. The summed E-state index contributed by atoms with van der Waals surface area (Å²) >= 11 is 2.98. The average molecular weight is 352 g/mol. The first-order chi connectivity index (χ1) is 8.51. The van der Waals surface area contributed by atoms with E-state index in [4.69, 9.17) is 5.73 Å². The fourth-order valence-electron chi connectivity index (χ4n) is 1.23. The number of nitrogen functional groups attached to an aromatic ring is 1. The third kappa shape index (κ3) is 4.57. The summed E-state index contributed by atoms with van der Waals surface area (Å²) in [5.41, 5.74) is 5.84. The smallest absolute Gasteiger partial charge is 0.399 e. The Morgan fingerprint density at radius 1 is 1.11 bits per heavy atom. The standard InChI is InChI=1S/C10H8BrF6NO/c11-7-3-6(18)2-1-5(7)4-19-8(9(12,13)14)10(15,16)17/h1-3,8H,4,18H2. The summed E-state index contributed by atoms with van der Waals surface area (Å²) in [5, 5.41) is 0. The van der Waals surface area contributed by atoms with Crippen LogP contribution in [0, 0.1) is 0 Å². The Labute approximate surface area is 112 Å². The van der Waals surface area contributed by atoms with E-state index in [2.05, 4.69) is 20.7 Å². The highest BCUT2D eigenvalue weighted by atomic mass is 79.9. The van der Waals surface area contributed by atoms with E-state index in [1.54, 1.807) is 0 Å². The number of benzene rings is 1. The van der Waals surface area contributed by atoms with Crippen molar-refractivity contribution in [3.63, 3.8) is 0 Å². The lowest BCUT2D eigenvalue weighted by molar-refractivity contribution is -0.324. The first-order valence-corrected chi connectivity index (χ1v) is 5.60. The summed E-state index contributed by atoms with van der Waals surface area (Å²) < 4.78 is 77.5. The predicted octanol–water partition coefficient (Wildman–Crippen LogP) is 4.04. The molecule has 0 atom stereocenters. The van der Waals surface area contributed by atoms with Crippen LogP contribution in [-0.4, -0.2) is 18.5 Å². The molecule has 0 amide bonds. The summed E-state index contributed by atoms with van der Waals surface area (Å²) in [6, 6.07) is 3.98. The molecule has 2 nitrogen and oxygen atoms in total. The van der Waals surface area contributed by atoms with Crippen molar-refractivity contribution in [2.75, 3.05) is 5.73 Å². The largest absolute Gasteiger partial charge is 0.423 e. The van der Waals surface area contributed by atoms with Crippen molar-refractivity contribution < 1.29 is 31.1 Å². The number of ether oxygens (including phenoxy) is 1. The Kier molecular flexibility index (Phi) is 4.72. The minimum atomic E-state index is -5.52. The van der Waals surface area contributed by atoms with Crippen LogP contribution in [0.5, 0.6) is 0 Å². The molecule has 0 saturated heterocycles. The summed E-state index contributed by atoms with van der Waals surface area (Å²) in [7, 11) is 0.